The Morgan fingerprint density at radius 3 is 2.19 bits per heavy atom. The van der Waals surface area contributed by atoms with Crippen molar-refractivity contribution >= 4 is 29.7 Å². The third-order valence-electron chi connectivity index (χ3n) is 5.34. The molecular formula is C24H28N2O5S. The Balaban J connectivity index is 1.38. The molecule has 2 aromatic carbocycles. The molecule has 0 fully saturated rings. The van der Waals surface area contributed by atoms with Crippen molar-refractivity contribution in [2.24, 2.45) is 5.92 Å². The highest BCUT2D eigenvalue weighted by Crippen LogP contribution is 2.44. The van der Waals surface area contributed by atoms with Crippen LogP contribution in [0.25, 0.3) is 11.1 Å². The van der Waals surface area contributed by atoms with Crippen LogP contribution in [0.15, 0.2) is 48.5 Å². The van der Waals surface area contributed by atoms with Crippen molar-refractivity contribution < 1.29 is 24.2 Å². The molecule has 1 atom stereocenters. The standard InChI is InChI=1S/C24H28N2O5S/c1-15(2)22(23(28)29)26-21(27)14-32-12-11-25-24(30)31-13-20-18-9-5-3-7-16(18)17-8-4-6-10-19(17)20/h3-10,15,20,22H,11-14H2,1-2H3,(H,25,30)(H,26,27)(H,28,29). The lowest BCUT2D eigenvalue weighted by atomic mass is 9.98. The highest BCUT2D eigenvalue weighted by Gasteiger charge is 2.29. The Labute approximate surface area is 191 Å². The summed E-state index contributed by atoms with van der Waals surface area (Å²) < 4.78 is 5.47. The van der Waals surface area contributed by atoms with E-state index in [1.54, 1.807) is 13.8 Å². The molecule has 1 unspecified atom stereocenters. The molecule has 0 bridgehead atoms. The highest BCUT2D eigenvalue weighted by atomic mass is 32.2. The normalized spacial score (nSPS) is 13.2. The number of hydrogen-bond donors (Lipinski definition) is 3. The van der Waals surface area contributed by atoms with E-state index in [1.165, 1.54) is 22.9 Å². The number of thioether (sulfide) groups is 1. The minimum Gasteiger partial charge on any atom is -0.480 e. The Kier molecular flexibility index (Phi) is 8.16. The van der Waals surface area contributed by atoms with E-state index in [1.807, 2.05) is 24.3 Å². The maximum Gasteiger partial charge on any atom is 0.407 e. The Hall–Kier alpha value is -3.00. The van der Waals surface area contributed by atoms with Gasteiger partial charge in [-0.15, -0.1) is 0 Å². The third-order valence-corrected chi connectivity index (χ3v) is 6.30. The second-order valence-electron chi connectivity index (χ2n) is 7.93. The van der Waals surface area contributed by atoms with Gasteiger partial charge in [-0.1, -0.05) is 62.4 Å². The molecule has 1 aliphatic carbocycles. The maximum absolute atomic E-state index is 12.1. The molecule has 0 spiro atoms. The van der Waals surface area contributed by atoms with E-state index in [9.17, 15) is 14.4 Å². The van der Waals surface area contributed by atoms with E-state index in [4.69, 9.17) is 9.84 Å². The van der Waals surface area contributed by atoms with E-state index in [2.05, 4.69) is 34.9 Å². The highest BCUT2D eigenvalue weighted by molar-refractivity contribution is 7.99. The first-order valence-corrected chi connectivity index (χ1v) is 11.7. The molecule has 1 aliphatic rings. The number of aliphatic carboxylic acids is 1. The first-order valence-electron chi connectivity index (χ1n) is 10.6. The summed E-state index contributed by atoms with van der Waals surface area (Å²) in [5.41, 5.74) is 4.66. The molecule has 3 N–H and O–H groups in total. The van der Waals surface area contributed by atoms with Gasteiger partial charge < -0.3 is 20.5 Å². The summed E-state index contributed by atoms with van der Waals surface area (Å²) in [5.74, 6) is -0.932. The lowest BCUT2D eigenvalue weighted by Gasteiger charge is -2.17. The smallest absolute Gasteiger partial charge is 0.407 e. The van der Waals surface area contributed by atoms with Crippen molar-refractivity contribution in [3.8, 4) is 11.1 Å². The van der Waals surface area contributed by atoms with Crippen LogP contribution in [0.4, 0.5) is 4.79 Å². The van der Waals surface area contributed by atoms with Gasteiger partial charge in [0.25, 0.3) is 0 Å². The maximum atomic E-state index is 12.1. The molecule has 0 radical (unpaired) electrons. The van der Waals surface area contributed by atoms with Crippen molar-refractivity contribution in [3.63, 3.8) is 0 Å². The molecule has 8 heteroatoms. The fraction of sp³-hybridized carbons (Fsp3) is 0.375. The van der Waals surface area contributed by atoms with E-state index in [0.717, 1.165) is 11.1 Å². The van der Waals surface area contributed by atoms with E-state index in [-0.39, 0.29) is 30.1 Å². The number of carbonyl (C=O) groups excluding carboxylic acids is 2. The Morgan fingerprint density at radius 1 is 1.03 bits per heavy atom. The first-order chi connectivity index (χ1) is 15.4. The molecule has 0 saturated carbocycles. The first kappa shape index (κ1) is 23.7. The zero-order valence-corrected chi connectivity index (χ0v) is 19.0. The van der Waals surface area contributed by atoms with Crippen LogP contribution in [-0.2, 0) is 14.3 Å². The fourth-order valence-electron chi connectivity index (χ4n) is 3.77. The van der Waals surface area contributed by atoms with Crippen LogP contribution in [0.2, 0.25) is 0 Å². The quantitative estimate of drug-likeness (QED) is 0.473. The third kappa shape index (κ3) is 5.82. The van der Waals surface area contributed by atoms with E-state index < -0.39 is 18.1 Å². The SMILES string of the molecule is CC(C)C(NC(=O)CSCCNC(=O)OCC1c2ccccc2-c2ccccc21)C(=O)O. The number of alkyl carbamates (subject to hydrolysis) is 1. The van der Waals surface area contributed by atoms with Gasteiger partial charge in [0.1, 0.15) is 12.6 Å². The van der Waals surface area contributed by atoms with Gasteiger partial charge in [0.05, 0.1) is 5.75 Å². The van der Waals surface area contributed by atoms with Crippen molar-refractivity contribution in [2.45, 2.75) is 25.8 Å². The monoisotopic (exact) mass is 456 g/mol. The predicted molar refractivity (Wildman–Crippen MR) is 125 cm³/mol. The van der Waals surface area contributed by atoms with Crippen molar-refractivity contribution in [1.29, 1.82) is 0 Å². The van der Waals surface area contributed by atoms with Crippen LogP contribution < -0.4 is 10.6 Å². The molecule has 3 rings (SSSR count). The molecular weight excluding hydrogens is 428 g/mol. The van der Waals surface area contributed by atoms with E-state index in [0.29, 0.717) is 12.3 Å². The fourth-order valence-corrected chi connectivity index (χ4v) is 4.43. The van der Waals surface area contributed by atoms with Crippen LogP contribution >= 0.6 is 11.8 Å². The predicted octanol–water partition coefficient (Wildman–Crippen LogP) is 3.48. The van der Waals surface area contributed by atoms with Gasteiger partial charge in [-0.25, -0.2) is 9.59 Å². The van der Waals surface area contributed by atoms with Gasteiger partial charge in [0.2, 0.25) is 5.91 Å². The number of amides is 2. The molecule has 0 saturated heterocycles. The van der Waals surface area contributed by atoms with Gasteiger partial charge in [-0.2, -0.15) is 11.8 Å². The van der Waals surface area contributed by atoms with Crippen molar-refractivity contribution in [3.05, 3.63) is 59.7 Å². The lowest BCUT2D eigenvalue weighted by molar-refractivity contribution is -0.142. The minimum atomic E-state index is -1.05. The number of benzene rings is 2. The molecule has 7 nitrogen and oxygen atoms in total. The number of ether oxygens (including phenoxy) is 1. The molecule has 2 amide bonds. The summed E-state index contributed by atoms with van der Waals surface area (Å²) >= 11 is 1.32. The van der Waals surface area contributed by atoms with Gasteiger partial charge >= 0.3 is 12.1 Å². The molecule has 0 aliphatic heterocycles. The summed E-state index contributed by atoms with van der Waals surface area (Å²) in [7, 11) is 0. The summed E-state index contributed by atoms with van der Waals surface area (Å²) in [6.07, 6.45) is -0.498. The van der Waals surface area contributed by atoms with Crippen molar-refractivity contribution in [2.75, 3.05) is 24.7 Å². The van der Waals surface area contributed by atoms with E-state index >= 15 is 0 Å². The number of carbonyl (C=O) groups is 3. The Bertz CT molecular complexity index is 933. The average molecular weight is 457 g/mol. The van der Waals surface area contributed by atoms with Gasteiger partial charge in [-0.3, -0.25) is 4.79 Å². The van der Waals surface area contributed by atoms with Crippen LogP contribution in [0.3, 0.4) is 0 Å². The molecule has 32 heavy (non-hydrogen) atoms. The lowest BCUT2D eigenvalue weighted by Crippen LogP contribution is -2.45. The minimum absolute atomic E-state index is 0.00867. The van der Waals surface area contributed by atoms with Gasteiger partial charge in [0, 0.05) is 18.2 Å². The zero-order chi connectivity index (χ0) is 23.1. The van der Waals surface area contributed by atoms with Crippen molar-refractivity contribution in [1.82, 2.24) is 10.6 Å². The number of nitrogens with one attached hydrogen (secondary N) is 2. The number of rotatable bonds is 10. The molecule has 170 valence electrons. The molecule has 0 heterocycles. The molecule has 0 aromatic heterocycles. The van der Waals surface area contributed by atoms with Crippen LogP contribution in [-0.4, -0.2) is 53.8 Å². The van der Waals surface area contributed by atoms with Crippen LogP contribution in [0.1, 0.15) is 30.9 Å². The van der Waals surface area contributed by atoms with Crippen LogP contribution in [0.5, 0.6) is 0 Å². The number of carboxylic acids is 1. The summed E-state index contributed by atoms with van der Waals surface area (Å²) in [6, 6.07) is 15.4. The molecule has 2 aromatic rings. The number of hydrogen-bond acceptors (Lipinski definition) is 5. The Morgan fingerprint density at radius 2 is 1.62 bits per heavy atom. The second-order valence-corrected chi connectivity index (χ2v) is 9.04. The van der Waals surface area contributed by atoms with Gasteiger partial charge in [-0.05, 0) is 28.2 Å². The largest absolute Gasteiger partial charge is 0.480 e. The second kappa shape index (κ2) is 11.0. The zero-order valence-electron chi connectivity index (χ0n) is 18.2. The van der Waals surface area contributed by atoms with Gasteiger partial charge in [0.15, 0.2) is 0 Å². The summed E-state index contributed by atoms with van der Waals surface area (Å²) in [4.78, 5) is 35.2. The van der Waals surface area contributed by atoms with Crippen LogP contribution in [0, 0.1) is 5.92 Å². The summed E-state index contributed by atoms with van der Waals surface area (Å²) in [6.45, 7) is 4.08. The number of fused-ring (bicyclic) bond motifs is 3. The average Bonchev–Trinajstić information content (AvgIpc) is 3.09. The number of carboxylic acid groups (broad SMARTS) is 1. The topological polar surface area (TPSA) is 105 Å². The summed E-state index contributed by atoms with van der Waals surface area (Å²) in [5, 5.41) is 14.3.